The summed E-state index contributed by atoms with van der Waals surface area (Å²) in [7, 11) is -9.82. The Labute approximate surface area is 726 Å². The van der Waals surface area contributed by atoms with Crippen molar-refractivity contribution in [1.82, 2.24) is 0 Å². The van der Waals surface area contributed by atoms with Crippen molar-refractivity contribution in [3.63, 3.8) is 0 Å². The molecule has 0 aliphatic carbocycles. The highest BCUT2D eigenvalue weighted by molar-refractivity contribution is 7.47. The predicted molar refractivity (Wildman–Crippen MR) is 500 cm³/mol. The molecule has 0 aliphatic rings. The van der Waals surface area contributed by atoms with Crippen LogP contribution in [0.4, 0.5) is 0 Å². The van der Waals surface area contributed by atoms with Crippen molar-refractivity contribution in [3.8, 4) is 0 Å². The van der Waals surface area contributed by atoms with Gasteiger partial charge in [0.1, 0.15) is 25.4 Å². The minimum atomic E-state index is -4.95. The first-order valence-corrected chi connectivity index (χ1v) is 50.4. The number of phosphoric acid groups is 2. The van der Waals surface area contributed by atoms with Crippen LogP contribution in [0.5, 0.6) is 0 Å². The van der Waals surface area contributed by atoms with E-state index in [4.69, 9.17) is 32.3 Å². The van der Waals surface area contributed by atoms with Gasteiger partial charge in [0, 0.05) is 19.3 Å². The standard InChI is InChI=1S/C101H172O16P2/c1-4-7-10-13-16-19-22-25-28-31-34-37-40-43-46-47-50-52-54-57-60-63-66-69-72-75-78-81-84-87-99(104)111-90-96(102)91-113-118(107,108)114-92-97(103)93-115-119(109,110)116-95-98(117-101(106)89-86-83-80-77-74-71-68-65-62-59-56-53-49-45-42-39-36-33-30-27-24-21-18-15-12-9-6-3)94-112-100(105)88-85-82-79-76-73-70-67-64-61-58-55-51-48-44-41-38-35-32-29-26-23-20-17-14-11-8-5-2/h8-9,11-12,16-21,25-30,34-39,43-46,48-49,96-98,102-103H,4-7,10,13-15,22-24,31-33,40-42,47,50-95H2,1-3H3,(H,107,108)(H,109,110)/b11-8-,12-9-,19-16-,20-17-,21-18-,28-25-,29-26-,30-27-,37-34-,38-35-,39-36-,46-43-,48-44-,49-45-. The predicted octanol–water partition coefficient (Wildman–Crippen LogP) is 29.4. The number of hydrogen-bond acceptors (Lipinski definition) is 14. The lowest BCUT2D eigenvalue weighted by Crippen LogP contribution is -2.30. The van der Waals surface area contributed by atoms with E-state index in [2.05, 4.69) is 191 Å². The van der Waals surface area contributed by atoms with Crippen molar-refractivity contribution < 1.29 is 75.8 Å². The Morgan fingerprint density at radius 3 is 0.706 bits per heavy atom. The molecule has 0 spiro atoms. The SMILES string of the molecule is CC/C=C\C/C=C\C/C=C\C/C=C\C/C=C\CCCCCCCCCCCCCC(=O)OCC(COP(=O)(O)OCC(O)COP(=O)(O)OCC(O)COC(=O)CCCCCCCCCCCCCCC/C=C\C/C=C\C/C=C\C/C=C\CCCCC)OC(=O)CCCCCCCCCCCCC/C=C\C/C=C\C/C=C\C/C=C\C/C=C\CC. The zero-order chi connectivity index (χ0) is 86.5. The van der Waals surface area contributed by atoms with Crippen molar-refractivity contribution in [2.75, 3.05) is 39.6 Å². The number of unbranched alkanes of at least 4 members (excludes halogenated alkanes) is 38. The molecule has 0 aromatic heterocycles. The van der Waals surface area contributed by atoms with Crippen LogP contribution in [-0.4, -0.2) is 95.9 Å². The molecule has 0 fully saturated rings. The van der Waals surface area contributed by atoms with Crippen molar-refractivity contribution in [1.29, 1.82) is 0 Å². The Morgan fingerprint density at radius 1 is 0.244 bits per heavy atom. The minimum Gasteiger partial charge on any atom is -0.463 e. The fraction of sp³-hybridized carbons (Fsp3) is 0.693. The summed E-state index contributed by atoms with van der Waals surface area (Å²) in [5.74, 6) is -1.57. The summed E-state index contributed by atoms with van der Waals surface area (Å²) in [6, 6.07) is 0. The first kappa shape index (κ1) is 114. The van der Waals surface area contributed by atoms with E-state index in [1.54, 1.807) is 0 Å². The maximum atomic E-state index is 13.1. The van der Waals surface area contributed by atoms with E-state index in [9.17, 15) is 43.5 Å². The van der Waals surface area contributed by atoms with Crippen LogP contribution in [-0.2, 0) is 55.8 Å². The van der Waals surface area contributed by atoms with E-state index in [0.717, 1.165) is 173 Å². The molecule has 119 heavy (non-hydrogen) atoms. The van der Waals surface area contributed by atoms with Gasteiger partial charge in [0.2, 0.25) is 0 Å². The molecule has 0 aromatic rings. The Balaban J connectivity index is 4.66. The molecule has 5 unspecified atom stereocenters. The summed E-state index contributed by atoms with van der Waals surface area (Å²) < 4.78 is 61.6. The molecular weight excluding hydrogens is 1530 g/mol. The second kappa shape index (κ2) is 92.1. The van der Waals surface area contributed by atoms with Gasteiger partial charge in [-0.15, -0.1) is 0 Å². The summed E-state index contributed by atoms with van der Waals surface area (Å²) in [6.07, 6.45) is 120. The van der Waals surface area contributed by atoms with Gasteiger partial charge in [-0.1, -0.05) is 390 Å². The van der Waals surface area contributed by atoms with Gasteiger partial charge >= 0.3 is 33.6 Å². The fourth-order valence-corrected chi connectivity index (χ4v) is 14.4. The number of aliphatic hydroxyl groups is 2. The van der Waals surface area contributed by atoms with E-state index in [1.165, 1.54) is 161 Å². The molecule has 0 amide bonds. The average molecular weight is 1700 g/mol. The second-order valence-corrected chi connectivity index (χ2v) is 34.3. The fourth-order valence-electron chi connectivity index (χ4n) is 12.8. The molecule has 0 aromatic carbocycles. The van der Waals surface area contributed by atoms with Crippen LogP contribution in [0.2, 0.25) is 0 Å². The van der Waals surface area contributed by atoms with E-state index in [1.807, 2.05) is 0 Å². The Morgan fingerprint density at radius 2 is 0.445 bits per heavy atom. The van der Waals surface area contributed by atoms with E-state index in [-0.39, 0.29) is 19.3 Å². The molecule has 682 valence electrons. The van der Waals surface area contributed by atoms with E-state index >= 15 is 0 Å². The number of allylic oxidation sites excluding steroid dienone is 28. The molecule has 16 nitrogen and oxygen atoms in total. The van der Waals surface area contributed by atoms with E-state index < -0.39 is 91.5 Å². The largest absolute Gasteiger partial charge is 0.472 e. The molecule has 0 saturated carbocycles. The van der Waals surface area contributed by atoms with Crippen LogP contribution in [0.15, 0.2) is 170 Å². The maximum Gasteiger partial charge on any atom is 0.472 e. The summed E-state index contributed by atoms with van der Waals surface area (Å²) >= 11 is 0. The van der Waals surface area contributed by atoms with Crippen LogP contribution in [0, 0.1) is 0 Å². The van der Waals surface area contributed by atoms with Crippen molar-refractivity contribution >= 4 is 33.6 Å². The monoisotopic (exact) mass is 1700 g/mol. The van der Waals surface area contributed by atoms with Gasteiger partial charge in [-0.05, 0) is 154 Å². The lowest BCUT2D eigenvalue weighted by atomic mass is 10.0. The molecule has 0 saturated heterocycles. The van der Waals surface area contributed by atoms with Gasteiger partial charge in [-0.2, -0.15) is 0 Å². The normalized spacial score (nSPS) is 14.5. The van der Waals surface area contributed by atoms with Crippen LogP contribution >= 0.6 is 15.6 Å². The number of carbonyl (C=O) groups is 3. The van der Waals surface area contributed by atoms with Crippen molar-refractivity contribution in [2.45, 2.75) is 411 Å². The molecular formula is C101H172O16P2. The summed E-state index contributed by atoms with van der Waals surface area (Å²) in [4.78, 5) is 59.1. The number of aliphatic hydroxyl groups excluding tert-OH is 2. The lowest BCUT2D eigenvalue weighted by Gasteiger charge is -2.21. The van der Waals surface area contributed by atoms with Gasteiger partial charge in [0.25, 0.3) is 0 Å². The number of esters is 3. The number of hydrogen-bond donors (Lipinski definition) is 4. The molecule has 0 rings (SSSR count). The van der Waals surface area contributed by atoms with Crippen LogP contribution in [0.3, 0.4) is 0 Å². The van der Waals surface area contributed by atoms with Gasteiger partial charge in [0.05, 0.1) is 26.4 Å². The average Bonchev–Trinajstić information content (AvgIpc) is 0.903. The van der Waals surface area contributed by atoms with Crippen LogP contribution in [0.1, 0.15) is 393 Å². The van der Waals surface area contributed by atoms with Gasteiger partial charge in [0.15, 0.2) is 6.10 Å². The zero-order valence-electron chi connectivity index (χ0n) is 75.2. The highest BCUT2D eigenvalue weighted by Gasteiger charge is 2.30. The highest BCUT2D eigenvalue weighted by atomic mass is 31.2. The molecule has 5 atom stereocenters. The number of ether oxygens (including phenoxy) is 3. The third-order valence-electron chi connectivity index (χ3n) is 19.9. The Hall–Kier alpha value is -5.09. The molecule has 0 aliphatic heterocycles. The zero-order valence-corrected chi connectivity index (χ0v) is 77.0. The number of phosphoric ester groups is 2. The van der Waals surface area contributed by atoms with Crippen molar-refractivity contribution in [2.24, 2.45) is 0 Å². The van der Waals surface area contributed by atoms with Gasteiger partial charge < -0.3 is 34.2 Å². The molecule has 18 heteroatoms. The highest BCUT2D eigenvalue weighted by Crippen LogP contribution is 2.45. The lowest BCUT2D eigenvalue weighted by molar-refractivity contribution is -0.161. The Kier molecular flexibility index (Phi) is 88.2. The van der Waals surface area contributed by atoms with Gasteiger partial charge in [-0.25, -0.2) is 9.13 Å². The third kappa shape index (κ3) is 93.5. The molecule has 0 bridgehead atoms. The van der Waals surface area contributed by atoms with E-state index in [0.29, 0.717) is 19.3 Å². The number of rotatable bonds is 89. The van der Waals surface area contributed by atoms with Crippen LogP contribution < -0.4 is 0 Å². The second-order valence-electron chi connectivity index (χ2n) is 31.4. The quantitative estimate of drug-likeness (QED) is 0.0146. The topological polar surface area (TPSA) is 231 Å². The summed E-state index contributed by atoms with van der Waals surface area (Å²) in [5.41, 5.74) is 0. The van der Waals surface area contributed by atoms with Gasteiger partial charge in [-0.3, -0.25) is 32.5 Å². The molecule has 0 heterocycles. The first-order chi connectivity index (χ1) is 58.2. The summed E-state index contributed by atoms with van der Waals surface area (Å²) in [6.45, 7) is 2.47. The number of carbonyl (C=O) groups excluding carboxylic acids is 3. The first-order valence-electron chi connectivity index (χ1n) is 47.4. The minimum absolute atomic E-state index is 0.0953. The molecule has 4 N–H and O–H groups in total. The maximum absolute atomic E-state index is 13.1. The summed E-state index contributed by atoms with van der Waals surface area (Å²) in [5, 5.41) is 20.8. The third-order valence-corrected chi connectivity index (χ3v) is 21.8. The van der Waals surface area contributed by atoms with Crippen molar-refractivity contribution in [3.05, 3.63) is 170 Å². The molecule has 0 radical (unpaired) electrons. The van der Waals surface area contributed by atoms with Crippen LogP contribution in [0.25, 0.3) is 0 Å². The smallest absolute Gasteiger partial charge is 0.463 e. The Bertz CT molecular complexity index is 2840.